The molecule has 0 fully saturated rings. The minimum Gasteiger partial charge on any atom is -0.449 e. The summed E-state index contributed by atoms with van der Waals surface area (Å²) >= 11 is 4.25. The van der Waals surface area contributed by atoms with Crippen LogP contribution >= 0.6 is 12.6 Å². The fourth-order valence-corrected chi connectivity index (χ4v) is 4.54. The summed E-state index contributed by atoms with van der Waals surface area (Å²) in [5, 5.41) is 2.91. The molecule has 0 spiro atoms. The highest BCUT2D eigenvalue weighted by Crippen LogP contribution is 2.44. The zero-order valence-corrected chi connectivity index (χ0v) is 18.8. The molecule has 1 amide bonds. The number of thiol groups is 1. The fraction of sp³-hybridized carbons (Fsp3) is 0.500. The molecule has 4 heteroatoms. The number of nitrogens with one attached hydrogen (secondary N) is 1. The summed E-state index contributed by atoms with van der Waals surface area (Å²) in [4.78, 5) is 12.1. The second-order valence-electron chi connectivity index (χ2n) is 8.16. The second-order valence-corrected chi connectivity index (χ2v) is 8.61. The minimum atomic E-state index is -0.305. The molecule has 1 aliphatic carbocycles. The number of alkyl carbamates (subject to hydrolysis) is 1. The quantitative estimate of drug-likeness (QED) is 0.269. The Morgan fingerprint density at radius 1 is 0.767 bits per heavy atom. The van der Waals surface area contributed by atoms with Crippen LogP contribution in [0.5, 0.6) is 0 Å². The number of carbonyl (C=O) groups excluding carboxylic acids is 1. The molecule has 2 aromatic rings. The molecule has 0 unspecified atom stereocenters. The first-order valence-corrected chi connectivity index (χ1v) is 12.1. The average molecular weight is 426 g/mol. The molecular weight excluding hydrogens is 390 g/mol. The van der Waals surface area contributed by atoms with E-state index in [0.717, 1.165) is 12.2 Å². The van der Waals surface area contributed by atoms with Gasteiger partial charge in [-0.1, -0.05) is 93.5 Å². The Hall–Kier alpha value is -1.94. The van der Waals surface area contributed by atoms with E-state index in [4.69, 9.17) is 4.74 Å². The summed E-state index contributed by atoms with van der Waals surface area (Å²) in [6.45, 7) is 1.08. The number of hydrogen-bond donors (Lipinski definition) is 2. The van der Waals surface area contributed by atoms with Crippen LogP contribution in [0.15, 0.2) is 48.5 Å². The van der Waals surface area contributed by atoms with Crippen LogP contribution < -0.4 is 5.32 Å². The Labute approximate surface area is 187 Å². The predicted molar refractivity (Wildman–Crippen MR) is 128 cm³/mol. The summed E-state index contributed by atoms with van der Waals surface area (Å²) in [5.41, 5.74) is 5.00. The van der Waals surface area contributed by atoms with Gasteiger partial charge in [0.15, 0.2) is 0 Å². The molecule has 2 aromatic carbocycles. The first-order chi connectivity index (χ1) is 14.8. The van der Waals surface area contributed by atoms with E-state index in [-0.39, 0.29) is 12.0 Å². The first kappa shape index (κ1) is 22.7. The maximum atomic E-state index is 12.1. The lowest BCUT2D eigenvalue weighted by Gasteiger charge is -2.14. The Morgan fingerprint density at radius 2 is 1.27 bits per heavy atom. The van der Waals surface area contributed by atoms with Gasteiger partial charge in [-0.15, -0.1) is 0 Å². The van der Waals surface area contributed by atoms with E-state index in [1.165, 1.54) is 73.6 Å². The fourth-order valence-electron chi connectivity index (χ4n) is 4.31. The molecule has 0 saturated carbocycles. The van der Waals surface area contributed by atoms with Crippen LogP contribution in [0.25, 0.3) is 11.1 Å². The van der Waals surface area contributed by atoms with Gasteiger partial charge in [-0.2, -0.15) is 12.6 Å². The van der Waals surface area contributed by atoms with Crippen LogP contribution in [0, 0.1) is 0 Å². The summed E-state index contributed by atoms with van der Waals surface area (Å²) in [6.07, 6.45) is 11.0. The minimum absolute atomic E-state index is 0.121. The summed E-state index contributed by atoms with van der Waals surface area (Å²) in [6, 6.07) is 16.8. The first-order valence-electron chi connectivity index (χ1n) is 11.5. The summed E-state index contributed by atoms with van der Waals surface area (Å²) < 4.78 is 5.58. The maximum Gasteiger partial charge on any atom is 0.407 e. The van der Waals surface area contributed by atoms with Crippen LogP contribution in [0.3, 0.4) is 0 Å². The van der Waals surface area contributed by atoms with Gasteiger partial charge < -0.3 is 10.1 Å². The van der Waals surface area contributed by atoms with Gasteiger partial charge in [0.1, 0.15) is 6.61 Å². The molecule has 0 heterocycles. The van der Waals surface area contributed by atoms with E-state index < -0.39 is 0 Å². The third-order valence-corrected chi connectivity index (χ3v) is 6.26. The molecule has 30 heavy (non-hydrogen) atoms. The van der Waals surface area contributed by atoms with E-state index in [1.807, 2.05) is 0 Å². The van der Waals surface area contributed by atoms with Crippen molar-refractivity contribution in [2.45, 2.75) is 63.7 Å². The number of benzene rings is 2. The van der Waals surface area contributed by atoms with E-state index in [0.29, 0.717) is 13.2 Å². The Morgan fingerprint density at radius 3 is 1.83 bits per heavy atom. The number of rotatable bonds is 13. The molecule has 0 radical (unpaired) electrons. The van der Waals surface area contributed by atoms with Crippen LogP contribution in [0.1, 0.15) is 74.8 Å². The molecular formula is C26H35NO2S. The molecule has 3 rings (SSSR count). The van der Waals surface area contributed by atoms with Crippen molar-refractivity contribution in [3.8, 4) is 11.1 Å². The number of ether oxygens (including phenoxy) is 1. The molecule has 0 bridgehead atoms. The van der Waals surface area contributed by atoms with Crippen LogP contribution in [-0.4, -0.2) is 25.0 Å². The Kier molecular flexibility index (Phi) is 9.62. The number of amides is 1. The Bertz CT molecular complexity index is 747. The standard InChI is InChI=1S/C26H35NO2S/c28-26(27-18-12-6-4-2-1-3-5-7-13-19-30)29-20-25-23-16-10-8-14-21(23)22-15-9-11-17-24(22)25/h8-11,14-17,25,30H,1-7,12-13,18-20H2,(H,27,28). The van der Waals surface area contributed by atoms with Crippen molar-refractivity contribution in [2.75, 3.05) is 18.9 Å². The van der Waals surface area contributed by atoms with Crippen LogP contribution in [0.4, 0.5) is 4.79 Å². The van der Waals surface area contributed by atoms with Gasteiger partial charge in [-0.3, -0.25) is 0 Å². The average Bonchev–Trinajstić information content (AvgIpc) is 3.10. The Balaban J connectivity index is 1.30. The smallest absolute Gasteiger partial charge is 0.407 e. The largest absolute Gasteiger partial charge is 0.449 e. The topological polar surface area (TPSA) is 38.3 Å². The van der Waals surface area contributed by atoms with Crippen LogP contribution in [-0.2, 0) is 4.74 Å². The molecule has 1 N–H and O–H groups in total. The van der Waals surface area contributed by atoms with Gasteiger partial charge in [-0.05, 0) is 40.8 Å². The molecule has 0 aliphatic heterocycles. The molecule has 162 valence electrons. The number of unbranched alkanes of at least 4 members (excludes halogenated alkanes) is 8. The van der Waals surface area contributed by atoms with Gasteiger partial charge in [-0.25, -0.2) is 4.79 Å². The molecule has 3 nitrogen and oxygen atoms in total. The molecule has 0 aromatic heterocycles. The second kappa shape index (κ2) is 12.7. The zero-order chi connectivity index (χ0) is 21.0. The normalized spacial score (nSPS) is 12.4. The van der Waals surface area contributed by atoms with Crippen molar-refractivity contribution in [1.82, 2.24) is 5.32 Å². The third-order valence-electron chi connectivity index (χ3n) is 5.95. The van der Waals surface area contributed by atoms with Crippen molar-refractivity contribution < 1.29 is 9.53 Å². The predicted octanol–water partition coefficient (Wildman–Crippen LogP) is 6.97. The van der Waals surface area contributed by atoms with E-state index in [9.17, 15) is 4.79 Å². The van der Waals surface area contributed by atoms with Gasteiger partial charge in [0.05, 0.1) is 0 Å². The van der Waals surface area contributed by atoms with Crippen molar-refractivity contribution in [3.63, 3.8) is 0 Å². The monoisotopic (exact) mass is 425 g/mol. The SMILES string of the molecule is O=C(NCCCCCCCCCCCS)OCC1c2ccccc2-c2ccccc21. The van der Waals surface area contributed by atoms with E-state index in [2.05, 4.69) is 66.5 Å². The molecule has 0 atom stereocenters. The van der Waals surface area contributed by atoms with Crippen molar-refractivity contribution >= 4 is 18.7 Å². The maximum absolute atomic E-state index is 12.1. The summed E-state index contributed by atoms with van der Waals surface area (Å²) in [5.74, 6) is 1.13. The van der Waals surface area contributed by atoms with Gasteiger partial charge in [0, 0.05) is 12.5 Å². The van der Waals surface area contributed by atoms with Gasteiger partial charge in [0.2, 0.25) is 0 Å². The highest BCUT2D eigenvalue weighted by atomic mass is 32.1. The molecule has 0 saturated heterocycles. The molecule has 1 aliphatic rings. The van der Waals surface area contributed by atoms with Gasteiger partial charge in [0.25, 0.3) is 0 Å². The third kappa shape index (κ3) is 6.53. The summed E-state index contributed by atoms with van der Waals surface area (Å²) in [7, 11) is 0. The highest BCUT2D eigenvalue weighted by molar-refractivity contribution is 7.80. The zero-order valence-electron chi connectivity index (χ0n) is 17.9. The van der Waals surface area contributed by atoms with E-state index >= 15 is 0 Å². The number of carbonyl (C=O) groups is 1. The lowest BCUT2D eigenvalue weighted by molar-refractivity contribution is 0.143. The lowest BCUT2D eigenvalue weighted by Crippen LogP contribution is -2.27. The number of fused-ring (bicyclic) bond motifs is 3. The van der Waals surface area contributed by atoms with Gasteiger partial charge >= 0.3 is 6.09 Å². The van der Waals surface area contributed by atoms with Crippen LogP contribution in [0.2, 0.25) is 0 Å². The lowest BCUT2D eigenvalue weighted by atomic mass is 9.98. The van der Waals surface area contributed by atoms with E-state index in [1.54, 1.807) is 0 Å². The van der Waals surface area contributed by atoms with Crippen molar-refractivity contribution in [2.24, 2.45) is 0 Å². The number of hydrogen-bond acceptors (Lipinski definition) is 3. The van der Waals surface area contributed by atoms with Crippen molar-refractivity contribution in [1.29, 1.82) is 0 Å². The highest BCUT2D eigenvalue weighted by Gasteiger charge is 2.28. The van der Waals surface area contributed by atoms with Crippen molar-refractivity contribution in [3.05, 3.63) is 59.7 Å².